The average molecular weight is 462 g/mol. The third-order valence-corrected chi connectivity index (χ3v) is 5.72. The summed E-state index contributed by atoms with van der Waals surface area (Å²) in [6.45, 7) is 3.38. The van der Waals surface area contributed by atoms with Gasteiger partial charge in [-0.2, -0.15) is 0 Å². The van der Waals surface area contributed by atoms with Gasteiger partial charge < -0.3 is 5.32 Å². The molecule has 0 saturated carbocycles. The molecule has 0 atom stereocenters. The van der Waals surface area contributed by atoms with Crippen molar-refractivity contribution >= 4 is 44.7 Å². The number of halogens is 1. The predicted molar refractivity (Wildman–Crippen MR) is 115 cm³/mol. The van der Waals surface area contributed by atoms with Crippen LogP contribution in [0.3, 0.4) is 0 Å². The summed E-state index contributed by atoms with van der Waals surface area (Å²) in [6.07, 6.45) is 0. The van der Waals surface area contributed by atoms with Crippen molar-refractivity contribution in [1.82, 2.24) is 9.97 Å². The van der Waals surface area contributed by atoms with E-state index in [-0.39, 0.29) is 27.0 Å². The second-order valence-electron chi connectivity index (χ2n) is 6.45. The maximum atomic E-state index is 12.6. The number of anilines is 2. The predicted octanol–water partition coefficient (Wildman–Crippen LogP) is 3.71. The molecule has 10 nitrogen and oxygen atoms in total. The van der Waals surface area contributed by atoms with Crippen molar-refractivity contribution in [2.24, 2.45) is 0 Å². The molecule has 0 aliphatic carbocycles. The lowest BCUT2D eigenvalue weighted by atomic mass is 10.2. The van der Waals surface area contributed by atoms with E-state index in [9.17, 15) is 23.3 Å². The van der Waals surface area contributed by atoms with Crippen LogP contribution in [0, 0.1) is 24.0 Å². The van der Waals surface area contributed by atoms with E-state index in [1.807, 2.05) is 0 Å². The number of rotatable bonds is 6. The number of nitro groups is 1. The molecule has 1 heterocycles. The Hall–Kier alpha value is -3.57. The summed E-state index contributed by atoms with van der Waals surface area (Å²) in [5, 5.41) is 13.3. The monoisotopic (exact) mass is 461 g/mol. The van der Waals surface area contributed by atoms with Crippen molar-refractivity contribution in [3.8, 4) is 0 Å². The topological polar surface area (TPSA) is 144 Å². The molecule has 0 bridgehead atoms. The normalized spacial score (nSPS) is 11.1. The quantitative estimate of drug-likeness (QED) is 0.420. The van der Waals surface area contributed by atoms with Gasteiger partial charge in [0.25, 0.3) is 21.6 Å². The van der Waals surface area contributed by atoms with Gasteiger partial charge in [-0.1, -0.05) is 11.6 Å². The molecule has 0 spiro atoms. The Morgan fingerprint density at radius 3 is 2.32 bits per heavy atom. The third-order valence-electron chi connectivity index (χ3n) is 4.04. The van der Waals surface area contributed by atoms with Crippen LogP contribution in [0.1, 0.15) is 21.9 Å². The molecule has 1 aromatic heterocycles. The maximum absolute atomic E-state index is 12.6. The number of nitrogens with zero attached hydrogens (tertiary/aromatic N) is 3. The minimum atomic E-state index is -3.90. The molecule has 0 unspecified atom stereocenters. The number of nitrogens with one attached hydrogen (secondary N) is 2. The Kier molecular flexibility index (Phi) is 6.18. The van der Waals surface area contributed by atoms with Crippen molar-refractivity contribution in [2.75, 3.05) is 10.0 Å². The Balaban J connectivity index is 1.75. The number of hydrogen-bond donors (Lipinski definition) is 2. The molecule has 2 aromatic carbocycles. The number of benzene rings is 2. The zero-order chi connectivity index (χ0) is 22.8. The SMILES string of the molecule is Cc1cc(NS(=O)(=O)c2ccc(NC(=O)c3ccc([N+](=O)[O-])cc3Cl)cc2)nc(C)n1. The Labute approximate surface area is 182 Å². The molecule has 0 saturated heterocycles. The molecule has 160 valence electrons. The average Bonchev–Trinajstić information content (AvgIpc) is 2.67. The standard InChI is InChI=1S/C19H16ClN5O5S/c1-11-9-18(22-12(2)21-11)24-31(29,30)15-6-3-13(4-7-15)23-19(26)16-8-5-14(25(27)28)10-17(16)20/h3-10H,1-2H3,(H,23,26)(H,21,22,24). The van der Waals surface area contributed by atoms with Gasteiger partial charge in [-0.15, -0.1) is 0 Å². The van der Waals surface area contributed by atoms with Crippen LogP contribution in [0.15, 0.2) is 53.4 Å². The fourth-order valence-electron chi connectivity index (χ4n) is 2.68. The van der Waals surface area contributed by atoms with Crippen molar-refractivity contribution in [2.45, 2.75) is 18.7 Å². The smallest absolute Gasteiger partial charge is 0.270 e. The number of hydrogen-bond acceptors (Lipinski definition) is 7. The number of aromatic nitrogens is 2. The first-order chi connectivity index (χ1) is 14.5. The first-order valence-corrected chi connectivity index (χ1v) is 10.6. The van der Waals surface area contributed by atoms with Crippen LogP contribution in [-0.4, -0.2) is 29.2 Å². The first kappa shape index (κ1) is 22.1. The molecule has 3 aromatic rings. The minimum Gasteiger partial charge on any atom is -0.322 e. The second kappa shape index (κ2) is 8.66. The molecule has 0 aliphatic heterocycles. The Bertz CT molecular complexity index is 1260. The lowest BCUT2D eigenvalue weighted by molar-refractivity contribution is -0.384. The number of carbonyl (C=O) groups is 1. The summed E-state index contributed by atoms with van der Waals surface area (Å²) >= 11 is 5.96. The highest BCUT2D eigenvalue weighted by Gasteiger charge is 2.17. The summed E-state index contributed by atoms with van der Waals surface area (Å²) in [5.41, 5.74) is 0.734. The van der Waals surface area contributed by atoms with E-state index < -0.39 is 20.9 Å². The summed E-state index contributed by atoms with van der Waals surface area (Å²) in [5.74, 6) is -0.0172. The number of nitro benzene ring substituents is 1. The van der Waals surface area contributed by atoms with Gasteiger partial charge in [-0.05, 0) is 44.2 Å². The molecule has 1 amide bonds. The molecule has 0 fully saturated rings. The fraction of sp³-hybridized carbons (Fsp3) is 0.105. The molecule has 3 rings (SSSR count). The summed E-state index contributed by atoms with van der Waals surface area (Å²) in [6, 6.07) is 10.4. The van der Waals surface area contributed by atoms with E-state index in [4.69, 9.17) is 11.6 Å². The van der Waals surface area contributed by atoms with E-state index in [2.05, 4.69) is 20.0 Å². The van der Waals surface area contributed by atoms with Crippen LogP contribution >= 0.6 is 11.6 Å². The van der Waals surface area contributed by atoms with Gasteiger partial charge in [0.1, 0.15) is 11.6 Å². The fourth-order valence-corrected chi connectivity index (χ4v) is 3.94. The van der Waals surface area contributed by atoms with Crippen molar-refractivity contribution in [3.05, 3.63) is 80.7 Å². The summed E-state index contributed by atoms with van der Waals surface area (Å²) in [4.78, 5) is 30.6. The van der Waals surface area contributed by atoms with Gasteiger partial charge in [-0.3, -0.25) is 19.6 Å². The zero-order valence-corrected chi connectivity index (χ0v) is 17.9. The summed E-state index contributed by atoms with van der Waals surface area (Å²) < 4.78 is 27.5. The summed E-state index contributed by atoms with van der Waals surface area (Å²) in [7, 11) is -3.90. The van der Waals surface area contributed by atoms with Crippen molar-refractivity contribution < 1.29 is 18.1 Å². The van der Waals surface area contributed by atoms with Crippen molar-refractivity contribution in [1.29, 1.82) is 0 Å². The van der Waals surface area contributed by atoms with Gasteiger partial charge in [-0.25, -0.2) is 18.4 Å². The minimum absolute atomic E-state index is 0.0345. The third kappa shape index (κ3) is 5.32. The Morgan fingerprint density at radius 1 is 1.06 bits per heavy atom. The van der Waals surface area contributed by atoms with E-state index in [0.29, 0.717) is 17.2 Å². The molecule has 2 N–H and O–H groups in total. The van der Waals surface area contributed by atoms with Gasteiger partial charge in [0.2, 0.25) is 0 Å². The van der Waals surface area contributed by atoms with Gasteiger partial charge in [0.15, 0.2) is 0 Å². The number of carbonyl (C=O) groups excluding carboxylic acids is 1. The maximum Gasteiger partial charge on any atom is 0.270 e. The van der Waals surface area contributed by atoms with Gasteiger partial charge >= 0.3 is 0 Å². The van der Waals surface area contributed by atoms with E-state index >= 15 is 0 Å². The number of non-ortho nitro benzene ring substituents is 1. The highest BCUT2D eigenvalue weighted by atomic mass is 35.5. The highest BCUT2D eigenvalue weighted by Crippen LogP contribution is 2.24. The van der Waals surface area contributed by atoms with Crippen LogP contribution in [-0.2, 0) is 10.0 Å². The van der Waals surface area contributed by atoms with Crippen LogP contribution < -0.4 is 10.0 Å². The number of aryl methyl sites for hydroxylation is 2. The zero-order valence-electron chi connectivity index (χ0n) is 16.3. The van der Waals surface area contributed by atoms with E-state index in [1.165, 1.54) is 42.5 Å². The van der Waals surface area contributed by atoms with Crippen LogP contribution in [0.2, 0.25) is 5.02 Å². The number of sulfonamides is 1. The lowest BCUT2D eigenvalue weighted by Gasteiger charge is -2.10. The van der Waals surface area contributed by atoms with Crippen LogP contribution in [0.25, 0.3) is 0 Å². The number of amides is 1. The van der Waals surface area contributed by atoms with Crippen LogP contribution in [0.4, 0.5) is 17.2 Å². The molecular formula is C19H16ClN5O5S. The van der Waals surface area contributed by atoms with E-state index in [0.717, 1.165) is 6.07 Å². The van der Waals surface area contributed by atoms with Gasteiger partial charge in [0.05, 0.1) is 20.4 Å². The second-order valence-corrected chi connectivity index (χ2v) is 8.54. The lowest BCUT2D eigenvalue weighted by Crippen LogP contribution is -2.15. The first-order valence-electron chi connectivity index (χ1n) is 8.75. The van der Waals surface area contributed by atoms with E-state index in [1.54, 1.807) is 13.8 Å². The molecule has 0 radical (unpaired) electrons. The largest absolute Gasteiger partial charge is 0.322 e. The molecule has 31 heavy (non-hydrogen) atoms. The molecular weight excluding hydrogens is 446 g/mol. The Morgan fingerprint density at radius 2 is 1.74 bits per heavy atom. The molecule has 0 aliphatic rings. The van der Waals surface area contributed by atoms with Crippen molar-refractivity contribution in [3.63, 3.8) is 0 Å². The highest BCUT2D eigenvalue weighted by molar-refractivity contribution is 7.92. The van der Waals surface area contributed by atoms with Gasteiger partial charge in [0, 0.05) is 29.6 Å². The van der Waals surface area contributed by atoms with Crippen LogP contribution in [0.5, 0.6) is 0 Å². The molecule has 12 heteroatoms.